The van der Waals surface area contributed by atoms with Crippen molar-refractivity contribution in [3.8, 4) is 0 Å². The van der Waals surface area contributed by atoms with E-state index < -0.39 is 0 Å². The molecular formula is C10H16O. The molecule has 0 aliphatic heterocycles. The Morgan fingerprint density at radius 1 is 1.82 bits per heavy atom. The Bertz CT molecular complexity index is 172. The topological polar surface area (TPSA) is 20.2 Å². The average Bonchev–Trinajstić information content (AvgIpc) is 2.36. The van der Waals surface area contributed by atoms with Crippen LogP contribution in [0.5, 0.6) is 0 Å². The second-order valence-corrected chi connectivity index (χ2v) is 3.60. The predicted molar refractivity (Wildman–Crippen MR) is 47.3 cm³/mol. The van der Waals surface area contributed by atoms with Gasteiger partial charge in [-0.15, -0.1) is 6.58 Å². The largest absolute Gasteiger partial charge is 0.389 e. The molecule has 1 nitrogen and oxygen atoms in total. The second kappa shape index (κ2) is 3.22. The lowest BCUT2D eigenvalue weighted by atomic mass is 9.84. The Balaban J connectivity index is 2.46. The SMILES string of the molecule is C=CC(O)CC1(C)C=CCC1. The summed E-state index contributed by atoms with van der Waals surface area (Å²) in [5, 5.41) is 9.33. The van der Waals surface area contributed by atoms with Crippen molar-refractivity contribution in [1.82, 2.24) is 0 Å². The number of aliphatic hydroxyl groups excluding tert-OH is 1. The van der Waals surface area contributed by atoms with E-state index in [0.717, 1.165) is 19.3 Å². The summed E-state index contributed by atoms with van der Waals surface area (Å²) >= 11 is 0. The summed E-state index contributed by atoms with van der Waals surface area (Å²) in [5.74, 6) is 0. The van der Waals surface area contributed by atoms with Crippen molar-refractivity contribution in [2.24, 2.45) is 5.41 Å². The van der Waals surface area contributed by atoms with E-state index in [9.17, 15) is 5.11 Å². The van der Waals surface area contributed by atoms with Crippen LogP contribution in [-0.2, 0) is 0 Å². The van der Waals surface area contributed by atoms with Gasteiger partial charge in [0, 0.05) is 0 Å². The molecule has 0 aromatic rings. The third-order valence-electron chi connectivity index (χ3n) is 2.35. The molecule has 1 aliphatic rings. The van der Waals surface area contributed by atoms with Crippen molar-refractivity contribution in [2.75, 3.05) is 0 Å². The molecule has 0 radical (unpaired) electrons. The lowest BCUT2D eigenvalue weighted by molar-refractivity contribution is 0.166. The molecule has 0 aromatic carbocycles. The van der Waals surface area contributed by atoms with Gasteiger partial charge in [-0.3, -0.25) is 0 Å². The van der Waals surface area contributed by atoms with Gasteiger partial charge in [0.15, 0.2) is 0 Å². The van der Waals surface area contributed by atoms with Crippen LogP contribution in [0.15, 0.2) is 24.8 Å². The molecule has 0 saturated heterocycles. The molecule has 2 atom stereocenters. The molecule has 62 valence electrons. The standard InChI is InChI=1S/C10H16O/c1-3-9(11)8-10(2)6-4-5-7-10/h3-4,6,9,11H,1,5,7-8H2,2H3. The fraction of sp³-hybridized carbons (Fsp3) is 0.600. The van der Waals surface area contributed by atoms with Crippen LogP contribution in [-0.4, -0.2) is 11.2 Å². The minimum atomic E-state index is -0.345. The maximum Gasteiger partial charge on any atom is 0.0726 e. The highest BCUT2D eigenvalue weighted by molar-refractivity contribution is 5.06. The molecule has 0 fully saturated rings. The highest BCUT2D eigenvalue weighted by atomic mass is 16.3. The van der Waals surface area contributed by atoms with Gasteiger partial charge < -0.3 is 5.11 Å². The van der Waals surface area contributed by atoms with E-state index in [1.54, 1.807) is 6.08 Å². The third kappa shape index (κ3) is 2.19. The molecule has 1 rings (SSSR count). The smallest absolute Gasteiger partial charge is 0.0726 e. The average molecular weight is 152 g/mol. The minimum Gasteiger partial charge on any atom is -0.389 e. The van der Waals surface area contributed by atoms with Gasteiger partial charge in [-0.2, -0.15) is 0 Å². The molecular weight excluding hydrogens is 136 g/mol. The lowest BCUT2D eigenvalue weighted by Crippen LogP contribution is -2.17. The predicted octanol–water partition coefficient (Wildman–Crippen LogP) is 2.28. The highest BCUT2D eigenvalue weighted by Gasteiger charge is 2.25. The molecule has 0 amide bonds. The molecule has 0 saturated carbocycles. The first-order valence-corrected chi connectivity index (χ1v) is 4.15. The van der Waals surface area contributed by atoms with Crippen LogP contribution in [0.1, 0.15) is 26.2 Å². The Hall–Kier alpha value is -0.560. The normalized spacial score (nSPS) is 32.2. The van der Waals surface area contributed by atoms with Crippen LogP contribution < -0.4 is 0 Å². The van der Waals surface area contributed by atoms with Gasteiger partial charge in [-0.1, -0.05) is 25.2 Å². The van der Waals surface area contributed by atoms with E-state index in [0.29, 0.717) is 0 Å². The fourth-order valence-electron chi connectivity index (χ4n) is 1.60. The van der Waals surface area contributed by atoms with Crippen molar-refractivity contribution in [1.29, 1.82) is 0 Å². The van der Waals surface area contributed by atoms with Gasteiger partial charge in [0.25, 0.3) is 0 Å². The van der Waals surface area contributed by atoms with E-state index in [1.165, 1.54) is 0 Å². The summed E-state index contributed by atoms with van der Waals surface area (Å²) in [6.45, 7) is 5.74. The third-order valence-corrected chi connectivity index (χ3v) is 2.35. The van der Waals surface area contributed by atoms with Crippen LogP contribution in [0.2, 0.25) is 0 Å². The summed E-state index contributed by atoms with van der Waals surface area (Å²) in [4.78, 5) is 0. The Kier molecular flexibility index (Phi) is 2.50. The number of hydrogen-bond donors (Lipinski definition) is 1. The van der Waals surface area contributed by atoms with Gasteiger partial charge in [0.05, 0.1) is 6.10 Å². The zero-order valence-electron chi connectivity index (χ0n) is 7.09. The summed E-state index contributed by atoms with van der Waals surface area (Å²) < 4.78 is 0. The lowest BCUT2D eigenvalue weighted by Gasteiger charge is -2.23. The molecule has 1 N–H and O–H groups in total. The maximum atomic E-state index is 9.33. The van der Waals surface area contributed by atoms with Crippen LogP contribution in [0.3, 0.4) is 0 Å². The first-order chi connectivity index (χ1) is 5.16. The maximum absolute atomic E-state index is 9.33. The summed E-state index contributed by atoms with van der Waals surface area (Å²) in [6, 6.07) is 0. The number of aliphatic hydroxyl groups is 1. The van der Waals surface area contributed by atoms with Gasteiger partial charge in [0.1, 0.15) is 0 Å². The molecule has 0 aromatic heterocycles. The summed E-state index contributed by atoms with van der Waals surface area (Å²) in [7, 11) is 0. The monoisotopic (exact) mass is 152 g/mol. The molecule has 1 aliphatic carbocycles. The molecule has 0 spiro atoms. The Morgan fingerprint density at radius 2 is 2.55 bits per heavy atom. The Labute approximate surface area is 68.4 Å². The number of hydrogen-bond acceptors (Lipinski definition) is 1. The molecule has 0 bridgehead atoms. The van der Waals surface area contributed by atoms with E-state index in [4.69, 9.17) is 0 Å². The van der Waals surface area contributed by atoms with Crippen LogP contribution in [0.25, 0.3) is 0 Å². The number of allylic oxidation sites excluding steroid dienone is 2. The molecule has 0 heterocycles. The van der Waals surface area contributed by atoms with Crippen molar-refractivity contribution in [2.45, 2.75) is 32.3 Å². The first-order valence-electron chi connectivity index (χ1n) is 4.15. The molecule has 11 heavy (non-hydrogen) atoms. The molecule has 2 unspecified atom stereocenters. The Morgan fingerprint density at radius 3 is 3.00 bits per heavy atom. The van der Waals surface area contributed by atoms with Crippen molar-refractivity contribution in [3.63, 3.8) is 0 Å². The van der Waals surface area contributed by atoms with Gasteiger partial charge in [-0.25, -0.2) is 0 Å². The van der Waals surface area contributed by atoms with Crippen LogP contribution in [0, 0.1) is 5.41 Å². The van der Waals surface area contributed by atoms with Crippen molar-refractivity contribution in [3.05, 3.63) is 24.8 Å². The van der Waals surface area contributed by atoms with E-state index in [2.05, 4.69) is 25.7 Å². The quantitative estimate of drug-likeness (QED) is 0.615. The van der Waals surface area contributed by atoms with Crippen molar-refractivity contribution < 1.29 is 5.11 Å². The van der Waals surface area contributed by atoms with E-state index >= 15 is 0 Å². The van der Waals surface area contributed by atoms with Crippen LogP contribution >= 0.6 is 0 Å². The van der Waals surface area contributed by atoms with Crippen LogP contribution in [0.4, 0.5) is 0 Å². The van der Waals surface area contributed by atoms with Gasteiger partial charge >= 0.3 is 0 Å². The number of rotatable bonds is 3. The minimum absolute atomic E-state index is 0.216. The van der Waals surface area contributed by atoms with Gasteiger partial charge in [0.2, 0.25) is 0 Å². The van der Waals surface area contributed by atoms with E-state index in [1.807, 2.05) is 0 Å². The van der Waals surface area contributed by atoms with E-state index in [-0.39, 0.29) is 11.5 Å². The molecule has 1 heteroatoms. The zero-order chi connectivity index (χ0) is 8.32. The first kappa shape index (κ1) is 8.54. The fourth-order valence-corrected chi connectivity index (χ4v) is 1.60. The highest BCUT2D eigenvalue weighted by Crippen LogP contribution is 2.35. The zero-order valence-corrected chi connectivity index (χ0v) is 7.09. The van der Waals surface area contributed by atoms with Crippen molar-refractivity contribution >= 4 is 0 Å². The van der Waals surface area contributed by atoms with Gasteiger partial charge in [-0.05, 0) is 24.7 Å². The second-order valence-electron chi connectivity index (χ2n) is 3.60. The summed E-state index contributed by atoms with van der Waals surface area (Å²) in [6.07, 6.45) is 8.79. The summed E-state index contributed by atoms with van der Waals surface area (Å²) in [5.41, 5.74) is 0.216.